The Labute approximate surface area is 87.7 Å². The molecule has 0 aromatic rings. The Morgan fingerprint density at radius 3 is 2.17 bits per heavy atom. The minimum Gasteiger partial charge on any atom is -0.315 e. The minimum atomic E-state index is 0. The maximum absolute atomic E-state index is 3.53. The molecule has 0 aromatic carbocycles. The van der Waals surface area contributed by atoms with Crippen LogP contribution in [0.3, 0.4) is 0 Å². The second-order valence-corrected chi connectivity index (χ2v) is 3.56. The third-order valence-electron chi connectivity index (χ3n) is 2.06. The Kier molecular flexibility index (Phi) is 8.69. The van der Waals surface area contributed by atoms with Crippen molar-refractivity contribution in [2.24, 2.45) is 5.92 Å². The maximum Gasteiger partial charge on any atom is 0.0232 e. The van der Waals surface area contributed by atoms with Crippen molar-refractivity contribution in [1.82, 2.24) is 10.6 Å². The predicted molar refractivity (Wildman–Crippen MR) is 58.6 cm³/mol. The van der Waals surface area contributed by atoms with Crippen LogP contribution in [-0.2, 0) is 0 Å². The zero-order chi connectivity index (χ0) is 7.56. The molecule has 1 rings (SSSR count). The number of halogens is 2. The fraction of sp³-hybridized carbons (Fsp3) is 1.00. The molecule has 1 saturated heterocycles. The molecule has 2 atom stereocenters. The smallest absolute Gasteiger partial charge is 0.0232 e. The van der Waals surface area contributed by atoms with Gasteiger partial charge < -0.3 is 10.6 Å². The van der Waals surface area contributed by atoms with Crippen molar-refractivity contribution in [2.45, 2.75) is 32.9 Å². The van der Waals surface area contributed by atoms with Gasteiger partial charge in [0, 0.05) is 18.6 Å². The van der Waals surface area contributed by atoms with Crippen molar-refractivity contribution in [1.29, 1.82) is 0 Å². The normalized spacial score (nSPS) is 28.0. The molecular formula is C8H20Cl2N2. The molecule has 1 fully saturated rings. The van der Waals surface area contributed by atoms with E-state index < -0.39 is 0 Å². The lowest BCUT2D eigenvalue weighted by Crippen LogP contribution is -2.39. The number of hydrogen-bond acceptors (Lipinski definition) is 2. The Balaban J connectivity index is 0. The van der Waals surface area contributed by atoms with Crippen LogP contribution < -0.4 is 10.6 Å². The lowest BCUT2D eigenvalue weighted by Gasteiger charge is -2.18. The summed E-state index contributed by atoms with van der Waals surface area (Å²) in [5.41, 5.74) is 0. The van der Waals surface area contributed by atoms with Crippen LogP contribution in [0.25, 0.3) is 0 Å². The number of rotatable bonds is 2. The van der Waals surface area contributed by atoms with Gasteiger partial charge in [-0.05, 0) is 12.5 Å². The van der Waals surface area contributed by atoms with Crippen LogP contribution in [0.1, 0.15) is 20.8 Å². The molecule has 0 aliphatic carbocycles. The van der Waals surface area contributed by atoms with E-state index in [9.17, 15) is 0 Å². The summed E-state index contributed by atoms with van der Waals surface area (Å²) in [6.45, 7) is 9.00. The molecule has 1 heterocycles. The van der Waals surface area contributed by atoms with E-state index in [2.05, 4.69) is 31.4 Å². The highest BCUT2D eigenvalue weighted by Gasteiger charge is 2.22. The van der Waals surface area contributed by atoms with Gasteiger partial charge in [-0.1, -0.05) is 20.8 Å². The first kappa shape index (κ1) is 15.0. The molecule has 0 radical (unpaired) electrons. The standard InChI is InChI=1S/C8H18N2.2ClH/c1-6(2)10-8-5-9-4-7(8)3;;/h6-10H,4-5H2,1-3H3;2*1H/t7-,8-;;/m0../s1. The van der Waals surface area contributed by atoms with E-state index in [0.29, 0.717) is 12.1 Å². The van der Waals surface area contributed by atoms with E-state index >= 15 is 0 Å². The highest BCUT2D eigenvalue weighted by molar-refractivity contribution is 5.85. The molecule has 76 valence electrons. The van der Waals surface area contributed by atoms with Crippen LogP contribution in [0, 0.1) is 5.92 Å². The molecular weight excluding hydrogens is 195 g/mol. The van der Waals surface area contributed by atoms with Gasteiger partial charge in [-0.2, -0.15) is 0 Å². The summed E-state index contributed by atoms with van der Waals surface area (Å²) in [7, 11) is 0. The molecule has 0 spiro atoms. The van der Waals surface area contributed by atoms with Gasteiger partial charge in [0.25, 0.3) is 0 Å². The van der Waals surface area contributed by atoms with Crippen LogP contribution in [0.2, 0.25) is 0 Å². The summed E-state index contributed by atoms with van der Waals surface area (Å²) in [4.78, 5) is 0. The van der Waals surface area contributed by atoms with E-state index in [1.165, 1.54) is 6.54 Å². The molecule has 1 aliphatic rings. The number of hydrogen-bond donors (Lipinski definition) is 2. The Morgan fingerprint density at radius 1 is 1.25 bits per heavy atom. The quantitative estimate of drug-likeness (QED) is 0.728. The molecule has 12 heavy (non-hydrogen) atoms. The van der Waals surface area contributed by atoms with Gasteiger partial charge in [0.05, 0.1) is 0 Å². The van der Waals surface area contributed by atoms with Gasteiger partial charge in [-0.3, -0.25) is 0 Å². The predicted octanol–water partition coefficient (Wildman–Crippen LogP) is 1.44. The molecule has 0 bridgehead atoms. The average Bonchev–Trinajstić information content (AvgIpc) is 2.15. The summed E-state index contributed by atoms with van der Waals surface area (Å²) in [5, 5.41) is 6.89. The molecule has 0 saturated carbocycles. The molecule has 2 N–H and O–H groups in total. The van der Waals surface area contributed by atoms with Gasteiger partial charge in [-0.25, -0.2) is 0 Å². The molecule has 0 amide bonds. The molecule has 0 unspecified atom stereocenters. The first-order valence-electron chi connectivity index (χ1n) is 4.17. The van der Waals surface area contributed by atoms with Crippen molar-refractivity contribution in [3.8, 4) is 0 Å². The lowest BCUT2D eigenvalue weighted by atomic mass is 10.1. The van der Waals surface area contributed by atoms with Gasteiger partial charge >= 0.3 is 0 Å². The van der Waals surface area contributed by atoms with E-state index in [1.807, 2.05) is 0 Å². The second-order valence-electron chi connectivity index (χ2n) is 3.56. The zero-order valence-corrected chi connectivity index (χ0v) is 9.60. The van der Waals surface area contributed by atoms with E-state index in [4.69, 9.17) is 0 Å². The van der Waals surface area contributed by atoms with Crippen molar-refractivity contribution in [3.63, 3.8) is 0 Å². The third kappa shape index (κ3) is 4.51. The highest BCUT2D eigenvalue weighted by Crippen LogP contribution is 2.07. The van der Waals surface area contributed by atoms with E-state index in [1.54, 1.807) is 0 Å². The summed E-state index contributed by atoms with van der Waals surface area (Å²) in [6, 6.07) is 1.31. The van der Waals surface area contributed by atoms with Crippen molar-refractivity contribution < 1.29 is 0 Å². The second kappa shape index (κ2) is 6.96. The van der Waals surface area contributed by atoms with Crippen LogP contribution in [0.15, 0.2) is 0 Å². The van der Waals surface area contributed by atoms with Gasteiger partial charge in [0.1, 0.15) is 0 Å². The molecule has 1 aliphatic heterocycles. The van der Waals surface area contributed by atoms with Crippen LogP contribution in [0.4, 0.5) is 0 Å². The minimum absolute atomic E-state index is 0. The van der Waals surface area contributed by atoms with Crippen LogP contribution in [0.5, 0.6) is 0 Å². The van der Waals surface area contributed by atoms with E-state index in [0.717, 1.165) is 12.5 Å². The fourth-order valence-electron chi connectivity index (χ4n) is 1.46. The molecule has 2 nitrogen and oxygen atoms in total. The monoisotopic (exact) mass is 214 g/mol. The Bertz CT molecular complexity index is 109. The SMILES string of the molecule is CC(C)N[C@H]1CNC[C@@H]1C.Cl.Cl. The molecule has 4 heteroatoms. The van der Waals surface area contributed by atoms with Gasteiger partial charge in [0.15, 0.2) is 0 Å². The van der Waals surface area contributed by atoms with Crippen molar-refractivity contribution in [3.05, 3.63) is 0 Å². The summed E-state index contributed by atoms with van der Waals surface area (Å²) in [5.74, 6) is 0.794. The van der Waals surface area contributed by atoms with Crippen LogP contribution >= 0.6 is 24.8 Å². The largest absolute Gasteiger partial charge is 0.315 e. The lowest BCUT2D eigenvalue weighted by molar-refractivity contribution is 0.418. The fourth-order valence-corrected chi connectivity index (χ4v) is 1.46. The van der Waals surface area contributed by atoms with Crippen LogP contribution in [-0.4, -0.2) is 25.2 Å². The topological polar surface area (TPSA) is 24.1 Å². The number of nitrogens with one attached hydrogen (secondary N) is 2. The Hall–Kier alpha value is 0.500. The third-order valence-corrected chi connectivity index (χ3v) is 2.06. The average molecular weight is 215 g/mol. The first-order valence-corrected chi connectivity index (χ1v) is 4.17. The van der Waals surface area contributed by atoms with Gasteiger partial charge in [0.2, 0.25) is 0 Å². The maximum atomic E-state index is 3.53. The van der Waals surface area contributed by atoms with Gasteiger partial charge in [-0.15, -0.1) is 24.8 Å². The summed E-state index contributed by atoms with van der Waals surface area (Å²) >= 11 is 0. The Morgan fingerprint density at radius 2 is 1.83 bits per heavy atom. The molecule has 0 aromatic heterocycles. The highest BCUT2D eigenvalue weighted by atomic mass is 35.5. The van der Waals surface area contributed by atoms with Crippen molar-refractivity contribution >= 4 is 24.8 Å². The zero-order valence-electron chi connectivity index (χ0n) is 7.96. The summed E-state index contributed by atoms with van der Waals surface area (Å²) in [6.07, 6.45) is 0. The van der Waals surface area contributed by atoms with E-state index in [-0.39, 0.29) is 24.8 Å². The van der Waals surface area contributed by atoms with Crippen molar-refractivity contribution in [2.75, 3.05) is 13.1 Å². The first-order chi connectivity index (χ1) is 4.70. The summed E-state index contributed by atoms with van der Waals surface area (Å²) < 4.78 is 0.